The normalized spacial score (nSPS) is 21.1. The largest absolute Gasteiger partial charge is 0.383 e. The standard InChI is InChI=1S/C13H28N2O3S/c1-3-4-5-11-19(16,17)14-12-13-7-6-8-15(13)9-10-18-2/h13-14H,3-12H2,1-2H3. The van der Waals surface area contributed by atoms with Crippen LogP contribution in [-0.4, -0.2) is 58.5 Å². The van der Waals surface area contributed by atoms with Crippen molar-refractivity contribution in [1.29, 1.82) is 0 Å². The molecule has 1 atom stereocenters. The summed E-state index contributed by atoms with van der Waals surface area (Å²) in [6.45, 7) is 5.26. The highest BCUT2D eigenvalue weighted by molar-refractivity contribution is 7.89. The number of nitrogens with one attached hydrogen (secondary N) is 1. The molecule has 0 aromatic carbocycles. The Morgan fingerprint density at radius 2 is 2.16 bits per heavy atom. The Labute approximate surface area is 117 Å². The second kappa shape index (κ2) is 8.89. The second-order valence-electron chi connectivity index (χ2n) is 5.20. The number of rotatable bonds is 10. The minimum atomic E-state index is -3.09. The van der Waals surface area contributed by atoms with Crippen LogP contribution in [0.2, 0.25) is 0 Å². The van der Waals surface area contributed by atoms with Gasteiger partial charge >= 0.3 is 0 Å². The van der Waals surface area contributed by atoms with Crippen molar-refractivity contribution in [2.75, 3.05) is 39.1 Å². The first kappa shape index (κ1) is 16.9. The lowest BCUT2D eigenvalue weighted by Gasteiger charge is -2.24. The number of nitrogens with zero attached hydrogens (tertiary/aromatic N) is 1. The molecule has 114 valence electrons. The summed E-state index contributed by atoms with van der Waals surface area (Å²) in [5.74, 6) is 0.256. The van der Waals surface area contributed by atoms with Crippen LogP contribution >= 0.6 is 0 Å². The number of likely N-dealkylation sites (tertiary alicyclic amines) is 1. The van der Waals surface area contributed by atoms with Crippen LogP contribution in [0.15, 0.2) is 0 Å². The van der Waals surface area contributed by atoms with E-state index in [0.717, 1.165) is 45.2 Å². The van der Waals surface area contributed by atoms with E-state index < -0.39 is 10.0 Å². The van der Waals surface area contributed by atoms with Gasteiger partial charge in [-0.2, -0.15) is 0 Å². The second-order valence-corrected chi connectivity index (χ2v) is 7.13. The molecule has 0 aromatic rings. The number of methoxy groups -OCH3 is 1. The van der Waals surface area contributed by atoms with Gasteiger partial charge in [0.2, 0.25) is 10.0 Å². The van der Waals surface area contributed by atoms with E-state index in [1.807, 2.05) is 0 Å². The number of hydrogen-bond acceptors (Lipinski definition) is 4. The van der Waals surface area contributed by atoms with Crippen molar-refractivity contribution in [2.24, 2.45) is 0 Å². The molecule has 1 N–H and O–H groups in total. The van der Waals surface area contributed by atoms with Crippen LogP contribution in [0.3, 0.4) is 0 Å². The molecule has 0 radical (unpaired) electrons. The van der Waals surface area contributed by atoms with Gasteiger partial charge in [-0.15, -0.1) is 0 Å². The van der Waals surface area contributed by atoms with Crippen molar-refractivity contribution in [3.8, 4) is 0 Å². The van der Waals surface area contributed by atoms with Gasteiger partial charge in [-0.3, -0.25) is 4.90 Å². The summed E-state index contributed by atoms with van der Waals surface area (Å²) >= 11 is 0. The maximum atomic E-state index is 11.8. The van der Waals surface area contributed by atoms with Crippen LogP contribution in [0, 0.1) is 0 Å². The molecule has 19 heavy (non-hydrogen) atoms. The lowest BCUT2D eigenvalue weighted by molar-refractivity contribution is 0.141. The van der Waals surface area contributed by atoms with Gasteiger partial charge in [0.15, 0.2) is 0 Å². The molecule has 0 aromatic heterocycles. The molecule has 0 amide bonds. The summed E-state index contributed by atoms with van der Waals surface area (Å²) in [6.07, 6.45) is 4.99. The van der Waals surface area contributed by atoms with E-state index in [-0.39, 0.29) is 5.75 Å². The maximum Gasteiger partial charge on any atom is 0.211 e. The highest BCUT2D eigenvalue weighted by Gasteiger charge is 2.25. The first-order valence-corrected chi connectivity index (χ1v) is 8.94. The van der Waals surface area contributed by atoms with E-state index >= 15 is 0 Å². The smallest absolute Gasteiger partial charge is 0.211 e. The highest BCUT2D eigenvalue weighted by Crippen LogP contribution is 2.16. The molecule has 1 heterocycles. The summed E-state index contributed by atoms with van der Waals surface area (Å²) in [6, 6.07) is 0.330. The molecule has 5 nitrogen and oxygen atoms in total. The predicted molar refractivity (Wildman–Crippen MR) is 77.8 cm³/mol. The van der Waals surface area contributed by atoms with E-state index in [2.05, 4.69) is 16.5 Å². The van der Waals surface area contributed by atoms with E-state index in [1.54, 1.807) is 7.11 Å². The summed E-state index contributed by atoms with van der Waals surface area (Å²) in [4.78, 5) is 2.32. The Morgan fingerprint density at radius 1 is 1.37 bits per heavy atom. The molecular weight excluding hydrogens is 264 g/mol. The van der Waals surface area contributed by atoms with Gasteiger partial charge < -0.3 is 4.74 Å². The van der Waals surface area contributed by atoms with E-state index in [0.29, 0.717) is 19.2 Å². The van der Waals surface area contributed by atoms with Crippen molar-refractivity contribution >= 4 is 10.0 Å². The zero-order valence-corrected chi connectivity index (χ0v) is 13.0. The van der Waals surface area contributed by atoms with Crippen LogP contribution in [-0.2, 0) is 14.8 Å². The van der Waals surface area contributed by atoms with Gasteiger partial charge in [-0.1, -0.05) is 19.8 Å². The maximum absolute atomic E-state index is 11.8. The van der Waals surface area contributed by atoms with Crippen molar-refractivity contribution in [3.63, 3.8) is 0 Å². The molecule has 1 aliphatic heterocycles. The molecule has 0 spiro atoms. The summed E-state index contributed by atoms with van der Waals surface area (Å²) in [7, 11) is -1.40. The average molecular weight is 292 g/mol. The number of hydrogen-bond donors (Lipinski definition) is 1. The molecule has 0 aliphatic carbocycles. The monoisotopic (exact) mass is 292 g/mol. The lowest BCUT2D eigenvalue weighted by Crippen LogP contribution is -2.42. The zero-order chi connectivity index (χ0) is 14.1. The molecule has 1 unspecified atom stereocenters. The zero-order valence-electron chi connectivity index (χ0n) is 12.2. The number of sulfonamides is 1. The first-order chi connectivity index (χ1) is 9.09. The van der Waals surface area contributed by atoms with Gasteiger partial charge in [0.1, 0.15) is 0 Å². The quantitative estimate of drug-likeness (QED) is 0.615. The summed E-state index contributed by atoms with van der Waals surface area (Å²) in [5.41, 5.74) is 0. The van der Waals surface area contributed by atoms with Crippen LogP contribution in [0.5, 0.6) is 0 Å². The minimum Gasteiger partial charge on any atom is -0.383 e. The van der Waals surface area contributed by atoms with Gasteiger partial charge in [0.05, 0.1) is 12.4 Å². The molecule has 0 bridgehead atoms. The number of ether oxygens (including phenoxy) is 1. The molecule has 1 aliphatic rings. The molecule has 0 saturated carbocycles. The Hall–Kier alpha value is -0.170. The van der Waals surface area contributed by atoms with E-state index in [1.165, 1.54) is 0 Å². The predicted octanol–water partition coefficient (Wildman–Crippen LogP) is 1.21. The van der Waals surface area contributed by atoms with Crippen molar-refractivity contribution in [1.82, 2.24) is 9.62 Å². The molecule has 6 heteroatoms. The highest BCUT2D eigenvalue weighted by atomic mass is 32.2. The third-order valence-electron chi connectivity index (χ3n) is 3.64. The fourth-order valence-corrected chi connectivity index (χ4v) is 3.64. The first-order valence-electron chi connectivity index (χ1n) is 7.29. The molecular formula is C13H28N2O3S. The number of unbranched alkanes of at least 4 members (excludes halogenated alkanes) is 2. The van der Waals surface area contributed by atoms with E-state index in [9.17, 15) is 8.42 Å². The third-order valence-corrected chi connectivity index (χ3v) is 5.07. The van der Waals surface area contributed by atoms with Gasteiger partial charge in [-0.25, -0.2) is 13.1 Å². The topological polar surface area (TPSA) is 58.6 Å². The van der Waals surface area contributed by atoms with Crippen molar-refractivity contribution in [2.45, 2.75) is 45.1 Å². The Kier molecular flexibility index (Phi) is 7.90. The van der Waals surface area contributed by atoms with Gasteiger partial charge in [-0.05, 0) is 25.8 Å². The molecule has 1 saturated heterocycles. The van der Waals surface area contributed by atoms with Crippen LogP contribution in [0.4, 0.5) is 0 Å². The lowest BCUT2D eigenvalue weighted by atomic mass is 10.2. The third kappa shape index (κ3) is 6.70. The molecule has 1 fully saturated rings. The SMILES string of the molecule is CCCCCS(=O)(=O)NCC1CCCN1CCOC. The minimum absolute atomic E-state index is 0.256. The Balaban J connectivity index is 2.29. The van der Waals surface area contributed by atoms with Gasteiger partial charge in [0, 0.05) is 26.2 Å². The Bertz CT molecular complexity index is 333. The molecule has 1 rings (SSSR count). The van der Waals surface area contributed by atoms with Crippen molar-refractivity contribution < 1.29 is 13.2 Å². The van der Waals surface area contributed by atoms with Crippen LogP contribution in [0.25, 0.3) is 0 Å². The fraction of sp³-hybridized carbons (Fsp3) is 1.00. The summed E-state index contributed by atoms with van der Waals surface area (Å²) < 4.78 is 31.5. The average Bonchev–Trinajstić information content (AvgIpc) is 2.82. The fourth-order valence-electron chi connectivity index (χ4n) is 2.47. The van der Waals surface area contributed by atoms with Crippen LogP contribution in [0.1, 0.15) is 39.0 Å². The van der Waals surface area contributed by atoms with Crippen molar-refractivity contribution in [3.05, 3.63) is 0 Å². The van der Waals surface area contributed by atoms with E-state index in [4.69, 9.17) is 4.74 Å². The van der Waals surface area contributed by atoms with Gasteiger partial charge in [0.25, 0.3) is 0 Å². The van der Waals surface area contributed by atoms with Crippen LogP contribution < -0.4 is 4.72 Å². The summed E-state index contributed by atoms with van der Waals surface area (Å²) in [5, 5.41) is 0. The Morgan fingerprint density at radius 3 is 2.84 bits per heavy atom.